The van der Waals surface area contributed by atoms with Crippen LogP contribution in [0.1, 0.15) is 0 Å². The summed E-state index contributed by atoms with van der Waals surface area (Å²) in [4.78, 5) is 0. The molecule has 0 unspecified atom stereocenters. The Bertz CT molecular complexity index is 1630. The van der Waals surface area contributed by atoms with Crippen LogP contribution in [0.2, 0.25) is 0 Å². The number of fused-ring (bicyclic) bond motifs is 8. The topological polar surface area (TPSA) is 17.6 Å². The second-order valence-corrected chi connectivity index (χ2v) is 6.99. The van der Waals surface area contributed by atoms with Gasteiger partial charge in [-0.25, -0.2) is 0 Å². The van der Waals surface area contributed by atoms with Crippen molar-refractivity contribution in [1.82, 2.24) is 4.40 Å². The highest BCUT2D eigenvalue weighted by atomic mass is 16.3. The molecule has 0 radical (unpaired) electrons. The summed E-state index contributed by atoms with van der Waals surface area (Å²) in [5, 5.41) is 7.53. The molecule has 26 heavy (non-hydrogen) atoms. The maximum Gasteiger partial charge on any atom is 0.160 e. The van der Waals surface area contributed by atoms with Gasteiger partial charge in [-0.3, -0.25) is 0 Å². The maximum absolute atomic E-state index is 6.32. The monoisotopic (exact) mass is 331 g/mol. The highest BCUT2D eigenvalue weighted by molar-refractivity contribution is 6.28. The SMILES string of the molecule is c1ccc2c(c1)oc1c2c2cccc3c4ccccc4c4ccc1n4c32. The van der Waals surface area contributed by atoms with Crippen molar-refractivity contribution in [2.75, 3.05) is 0 Å². The van der Waals surface area contributed by atoms with Gasteiger partial charge in [0.2, 0.25) is 0 Å². The van der Waals surface area contributed by atoms with Crippen molar-refractivity contribution in [2.45, 2.75) is 0 Å². The Labute approximate surface area is 148 Å². The van der Waals surface area contributed by atoms with Crippen molar-refractivity contribution in [3.05, 3.63) is 78.9 Å². The van der Waals surface area contributed by atoms with E-state index in [4.69, 9.17) is 4.42 Å². The van der Waals surface area contributed by atoms with Crippen LogP contribution in [-0.4, -0.2) is 4.40 Å². The summed E-state index contributed by atoms with van der Waals surface area (Å²) < 4.78 is 8.69. The normalized spacial score (nSPS) is 12.6. The molecule has 0 saturated heterocycles. The van der Waals surface area contributed by atoms with Crippen LogP contribution in [0.3, 0.4) is 0 Å². The first kappa shape index (κ1) is 12.8. The molecule has 2 nitrogen and oxygen atoms in total. The smallest absolute Gasteiger partial charge is 0.160 e. The van der Waals surface area contributed by atoms with Gasteiger partial charge in [-0.05, 0) is 23.6 Å². The number of para-hydroxylation sites is 2. The zero-order valence-electron chi connectivity index (χ0n) is 13.9. The van der Waals surface area contributed by atoms with E-state index in [1.807, 2.05) is 6.07 Å². The van der Waals surface area contributed by atoms with Gasteiger partial charge in [-0.15, -0.1) is 0 Å². The first-order valence-electron chi connectivity index (χ1n) is 8.89. The average molecular weight is 331 g/mol. The second kappa shape index (κ2) is 4.17. The van der Waals surface area contributed by atoms with Crippen LogP contribution >= 0.6 is 0 Å². The van der Waals surface area contributed by atoms with E-state index in [0.29, 0.717) is 0 Å². The van der Waals surface area contributed by atoms with Crippen LogP contribution in [0.15, 0.2) is 83.3 Å². The molecular formula is C24H13NO. The molecule has 2 heteroatoms. The fraction of sp³-hybridized carbons (Fsp3) is 0. The number of pyridine rings is 2. The quantitative estimate of drug-likeness (QED) is 0.222. The van der Waals surface area contributed by atoms with Crippen molar-refractivity contribution in [2.24, 2.45) is 0 Å². The largest absolute Gasteiger partial charge is 0.454 e. The van der Waals surface area contributed by atoms with E-state index in [-0.39, 0.29) is 0 Å². The number of nitrogens with zero attached hydrogens (tertiary/aromatic N) is 1. The van der Waals surface area contributed by atoms with Gasteiger partial charge >= 0.3 is 0 Å². The Hall–Kier alpha value is -3.52. The highest BCUT2D eigenvalue weighted by Crippen LogP contribution is 2.42. The third-order valence-electron chi connectivity index (χ3n) is 5.73. The maximum atomic E-state index is 6.32. The molecule has 4 aromatic heterocycles. The van der Waals surface area contributed by atoms with Gasteiger partial charge in [-0.2, -0.15) is 0 Å². The van der Waals surface area contributed by atoms with Crippen LogP contribution in [0, 0.1) is 0 Å². The van der Waals surface area contributed by atoms with Crippen molar-refractivity contribution in [1.29, 1.82) is 0 Å². The molecule has 0 atom stereocenters. The first-order valence-corrected chi connectivity index (χ1v) is 8.89. The first-order chi connectivity index (χ1) is 12.9. The van der Waals surface area contributed by atoms with E-state index in [0.717, 1.165) is 16.7 Å². The van der Waals surface area contributed by atoms with Gasteiger partial charge in [-0.1, -0.05) is 60.7 Å². The van der Waals surface area contributed by atoms with E-state index in [1.54, 1.807) is 0 Å². The van der Waals surface area contributed by atoms with E-state index in [2.05, 4.69) is 77.2 Å². The molecule has 120 valence electrons. The predicted octanol–water partition coefficient (Wildman–Crippen LogP) is 6.74. The van der Waals surface area contributed by atoms with Gasteiger partial charge in [0.15, 0.2) is 5.58 Å². The lowest BCUT2D eigenvalue weighted by molar-refractivity contribution is 0.671. The summed E-state index contributed by atoms with van der Waals surface area (Å²) in [6.45, 7) is 0. The minimum atomic E-state index is 0.946. The lowest BCUT2D eigenvalue weighted by Gasteiger charge is -2.13. The number of hydrogen-bond acceptors (Lipinski definition) is 1. The van der Waals surface area contributed by atoms with E-state index in [1.165, 1.54) is 43.4 Å². The molecule has 0 saturated carbocycles. The van der Waals surface area contributed by atoms with Gasteiger partial charge in [0.05, 0.1) is 16.6 Å². The Kier molecular flexibility index (Phi) is 2.05. The predicted molar refractivity (Wildman–Crippen MR) is 108 cm³/mol. The summed E-state index contributed by atoms with van der Waals surface area (Å²) in [5.41, 5.74) is 5.57. The minimum absolute atomic E-state index is 0.946. The molecule has 0 aliphatic heterocycles. The summed E-state index contributed by atoms with van der Waals surface area (Å²) in [6, 6.07) is 28.0. The zero-order valence-corrected chi connectivity index (χ0v) is 13.9. The van der Waals surface area contributed by atoms with Crippen molar-refractivity contribution < 1.29 is 4.42 Å². The van der Waals surface area contributed by atoms with Gasteiger partial charge in [0.1, 0.15) is 5.58 Å². The van der Waals surface area contributed by atoms with Crippen LogP contribution in [0.5, 0.6) is 0 Å². The minimum Gasteiger partial charge on any atom is -0.454 e. The van der Waals surface area contributed by atoms with Crippen LogP contribution in [0.4, 0.5) is 0 Å². The van der Waals surface area contributed by atoms with Gasteiger partial charge in [0, 0.05) is 26.9 Å². The van der Waals surface area contributed by atoms with Crippen LogP contribution in [0.25, 0.3) is 60.0 Å². The lowest BCUT2D eigenvalue weighted by atomic mass is 10.00. The Balaban J connectivity index is 1.97. The summed E-state index contributed by atoms with van der Waals surface area (Å²) in [7, 11) is 0. The molecular weight excluding hydrogens is 318 g/mol. The third kappa shape index (κ3) is 1.29. The number of benzene rings is 3. The number of furan rings is 1. The molecule has 0 N–H and O–H groups in total. The summed E-state index contributed by atoms with van der Waals surface area (Å²) in [5.74, 6) is 0. The fourth-order valence-corrected chi connectivity index (χ4v) is 4.70. The fourth-order valence-electron chi connectivity index (χ4n) is 4.70. The number of hydrogen-bond donors (Lipinski definition) is 0. The van der Waals surface area contributed by atoms with Crippen molar-refractivity contribution in [3.8, 4) is 0 Å². The summed E-state index contributed by atoms with van der Waals surface area (Å²) in [6.07, 6.45) is 0. The van der Waals surface area contributed by atoms with Crippen LogP contribution < -0.4 is 0 Å². The number of aromatic nitrogens is 1. The average Bonchev–Trinajstić information content (AvgIpc) is 3.30. The molecule has 7 rings (SSSR count). The molecule has 0 bridgehead atoms. The van der Waals surface area contributed by atoms with Gasteiger partial charge in [0.25, 0.3) is 0 Å². The highest BCUT2D eigenvalue weighted by Gasteiger charge is 2.20. The van der Waals surface area contributed by atoms with E-state index < -0.39 is 0 Å². The molecule has 3 aromatic carbocycles. The molecule has 0 fully saturated rings. The molecule has 0 amide bonds. The van der Waals surface area contributed by atoms with Crippen LogP contribution in [-0.2, 0) is 0 Å². The van der Waals surface area contributed by atoms with Crippen molar-refractivity contribution in [3.63, 3.8) is 0 Å². The van der Waals surface area contributed by atoms with E-state index >= 15 is 0 Å². The molecule has 4 heterocycles. The Morgan fingerprint density at radius 3 is 2.15 bits per heavy atom. The van der Waals surface area contributed by atoms with E-state index in [9.17, 15) is 0 Å². The molecule has 0 spiro atoms. The standard InChI is InChI=1S/C24H13NO/c1-2-7-15-14(6-1)16-9-5-10-18-22-17-8-3-4-11-21(17)26-24(22)20-13-12-19(15)25(20)23(16)18/h1-13H. The third-order valence-corrected chi connectivity index (χ3v) is 5.73. The number of rotatable bonds is 0. The Morgan fingerprint density at radius 1 is 0.538 bits per heavy atom. The summed E-state index contributed by atoms with van der Waals surface area (Å²) >= 11 is 0. The Morgan fingerprint density at radius 2 is 1.23 bits per heavy atom. The molecule has 0 aliphatic rings. The van der Waals surface area contributed by atoms with Crippen molar-refractivity contribution >= 4 is 60.0 Å². The zero-order chi connectivity index (χ0) is 16.8. The molecule has 7 aromatic rings. The van der Waals surface area contributed by atoms with Gasteiger partial charge < -0.3 is 8.82 Å². The lowest BCUT2D eigenvalue weighted by Crippen LogP contribution is -1.94. The second-order valence-electron chi connectivity index (χ2n) is 6.99. The molecule has 0 aliphatic carbocycles.